The third-order valence-electron chi connectivity index (χ3n) is 1.79. The molecule has 0 amide bonds. The summed E-state index contributed by atoms with van der Waals surface area (Å²) < 4.78 is 20.5. The van der Waals surface area contributed by atoms with Crippen LogP contribution in [0.25, 0.3) is 0 Å². The third-order valence-corrected chi connectivity index (χ3v) is 2.61. The van der Waals surface area contributed by atoms with Crippen molar-refractivity contribution in [3.8, 4) is 0 Å². The topological polar surface area (TPSA) is 36.9 Å². The fourth-order valence-corrected chi connectivity index (χ4v) is 1.90. The minimum absolute atomic E-state index is 0.124. The highest BCUT2D eigenvalue weighted by Crippen LogP contribution is 2.22. The van der Waals surface area contributed by atoms with Gasteiger partial charge in [-0.3, -0.25) is 0 Å². The van der Waals surface area contributed by atoms with Crippen LogP contribution >= 0.6 is 28.4 Å². The Labute approximate surface area is 84.6 Å². The van der Waals surface area contributed by atoms with Crippen LogP contribution < -0.4 is 0 Å². The van der Waals surface area contributed by atoms with Gasteiger partial charge >= 0.3 is 0 Å². The Morgan fingerprint density at radius 1 is 1.23 bits per heavy atom. The zero-order valence-corrected chi connectivity index (χ0v) is 10.4. The van der Waals surface area contributed by atoms with E-state index in [2.05, 4.69) is 28.4 Å². The lowest BCUT2D eigenvalue weighted by Gasteiger charge is -2.31. The summed E-state index contributed by atoms with van der Waals surface area (Å²) in [6, 6.07) is 0. The van der Waals surface area contributed by atoms with Gasteiger partial charge in [-0.25, -0.2) is 0 Å². The van der Waals surface area contributed by atoms with Gasteiger partial charge in [0.1, 0.15) is 12.2 Å². The fraction of sp³-hybridized carbons (Fsp3) is 0.667. The van der Waals surface area contributed by atoms with E-state index in [-0.39, 0.29) is 18.3 Å². The van der Waals surface area contributed by atoms with Crippen LogP contribution in [-0.2, 0) is 18.3 Å². The van der Waals surface area contributed by atoms with Crippen molar-refractivity contribution >= 4 is 28.4 Å². The molecule has 0 aromatic heterocycles. The van der Waals surface area contributed by atoms with Gasteiger partial charge in [0.2, 0.25) is 0 Å². The monoisotopic (exact) mass is 242 g/mol. The molecule has 1 heterocycles. The van der Waals surface area contributed by atoms with E-state index in [0.717, 1.165) is 0 Å². The van der Waals surface area contributed by atoms with Crippen molar-refractivity contribution in [2.24, 2.45) is 0 Å². The molecule has 1 aliphatic heterocycles. The van der Waals surface area contributed by atoms with Crippen molar-refractivity contribution in [1.82, 2.24) is 0 Å². The summed E-state index contributed by atoms with van der Waals surface area (Å²) >= 11 is 0. The maximum Gasteiger partial charge on any atom is 0.151 e. The Kier molecular flexibility index (Phi) is 5.66. The summed E-state index contributed by atoms with van der Waals surface area (Å²) in [6.45, 7) is 0.443. The molecule has 1 rings (SSSR count). The van der Waals surface area contributed by atoms with Gasteiger partial charge in [0.25, 0.3) is 0 Å². The van der Waals surface area contributed by atoms with E-state index in [0.29, 0.717) is 6.61 Å². The standard InChI is InChI=1S/C6H13O4P3/c11-8-3-5-6(10-13)4(9-12)1-2-7-5/h1-2,4-6H,3,11-13H2. The molecule has 0 fully saturated rings. The van der Waals surface area contributed by atoms with Gasteiger partial charge in [-0.05, 0) is 6.08 Å². The van der Waals surface area contributed by atoms with Crippen molar-refractivity contribution in [1.29, 1.82) is 0 Å². The Bertz CT molecular complexity index is 177. The van der Waals surface area contributed by atoms with Crippen LogP contribution in [0.2, 0.25) is 0 Å². The van der Waals surface area contributed by atoms with Crippen LogP contribution in [0.5, 0.6) is 0 Å². The van der Waals surface area contributed by atoms with E-state index in [4.69, 9.17) is 18.3 Å². The molecule has 0 aliphatic carbocycles. The number of hydrogen-bond acceptors (Lipinski definition) is 4. The molecule has 6 atom stereocenters. The van der Waals surface area contributed by atoms with Crippen molar-refractivity contribution < 1.29 is 18.3 Å². The van der Waals surface area contributed by atoms with E-state index < -0.39 is 0 Å². The molecule has 0 aromatic rings. The highest BCUT2D eigenvalue weighted by atomic mass is 31.0. The Balaban J connectivity index is 2.59. The van der Waals surface area contributed by atoms with Crippen molar-refractivity contribution in [2.45, 2.75) is 18.3 Å². The van der Waals surface area contributed by atoms with E-state index in [1.54, 1.807) is 12.3 Å². The molecule has 0 spiro atoms. The van der Waals surface area contributed by atoms with E-state index >= 15 is 0 Å². The Morgan fingerprint density at radius 3 is 2.54 bits per heavy atom. The quantitative estimate of drug-likeness (QED) is 0.690. The molecule has 4 nitrogen and oxygen atoms in total. The molecular formula is C6H13O4P3. The Morgan fingerprint density at radius 2 is 2.00 bits per heavy atom. The van der Waals surface area contributed by atoms with Crippen LogP contribution in [-0.4, -0.2) is 24.9 Å². The first-order valence-corrected chi connectivity index (χ1v) is 5.09. The van der Waals surface area contributed by atoms with Crippen LogP contribution in [0.3, 0.4) is 0 Å². The smallest absolute Gasteiger partial charge is 0.151 e. The van der Waals surface area contributed by atoms with E-state index in [1.807, 2.05) is 0 Å². The van der Waals surface area contributed by atoms with Gasteiger partial charge in [-0.15, -0.1) is 0 Å². The van der Waals surface area contributed by atoms with Crippen molar-refractivity contribution in [3.05, 3.63) is 12.3 Å². The second-order valence-electron chi connectivity index (χ2n) is 2.54. The van der Waals surface area contributed by atoms with Gasteiger partial charge in [0, 0.05) is 28.4 Å². The molecule has 1 aliphatic rings. The van der Waals surface area contributed by atoms with Gasteiger partial charge in [0.15, 0.2) is 6.10 Å². The lowest BCUT2D eigenvalue weighted by atomic mass is 10.1. The van der Waals surface area contributed by atoms with Crippen LogP contribution in [0.4, 0.5) is 0 Å². The highest BCUT2D eigenvalue weighted by Gasteiger charge is 2.32. The van der Waals surface area contributed by atoms with Crippen LogP contribution in [0.1, 0.15) is 0 Å². The molecule has 0 aromatic carbocycles. The highest BCUT2D eigenvalue weighted by molar-refractivity contribution is 7.10. The van der Waals surface area contributed by atoms with Crippen LogP contribution in [0, 0.1) is 0 Å². The number of hydrogen-bond donors (Lipinski definition) is 0. The lowest BCUT2D eigenvalue weighted by Crippen LogP contribution is -2.42. The summed E-state index contributed by atoms with van der Waals surface area (Å²) in [6.07, 6.45) is 2.95. The second-order valence-corrected chi connectivity index (χ2v) is 3.42. The summed E-state index contributed by atoms with van der Waals surface area (Å²) in [5.41, 5.74) is 0. The normalized spacial score (nSPS) is 33.0. The van der Waals surface area contributed by atoms with E-state index in [9.17, 15) is 0 Å². The second kappa shape index (κ2) is 6.24. The zero-order valence-electron chi connectivity index (χ0n) is 6.96. The first-order chi connectivity index (χ1) is 6.33. The predicted molar refractivity (Wildman–Crippen MR) is 58.8 cm³/mol. The van der Waals surface area contributed by atoms with Crippen molar-refractivity contribution in [2.75, 3.05) is 6.61 Å². The summed E-state index contributed by atoms with van der Waals surface area (Å²) in [5.74, 6) is 0. The summed E-state index contributed by atoms with van der Waals surface area (Å²) in [4.78, 5) is 0. The summed E-state index contributed by atoms with van der Waals surface area (Å²) in [5, 5.41) is 0. The van der Waals surface area contributed by atoms with Crippen molar-refractivity contribution in [3.63, 3.8) is 0 Å². The third kappa shape index (κ3) is 3.09. The average molecular weight is 242 g/mol. The maximum absolute atomic E-state index is 5.31. The minimum atomic E-state index is -0.173. The molecule has 0 bridgehead atoms. The molecule has 0 N–H and O–H groups in total. The first-order valence-electron chi connectivity index (χ1n) is 3.68. The molecule has 0 saturated carbocycles. The first kappa shape index (κ1) is 11.8. The molecular weight excluding hydrogens is 229 g/mol. The van der Waals surface area contributed by atoms with Gasteiger partial charge in [0.05, 0.1) is 12.9 Å². The zero-order chi connectivity index (χ0) is 9.68. The van der Waals surface area contributed by atoms with E-state index in [1.165, 1.54) is 0 Å². The molecule has 6 unspecified atom stereocenters. The average Bonchev–Trinajstić information content (AvgIpc) is 2.18. The van der Waals surface area contributed by atoms with Gasteiger partial charge < -0.3 is 18.3 Å². The number of ether oxygens (including phenoxy) is 1. The van der Waals surface area contributed by atoms with Gasteiger partial charge in [-0.2, -0.15) is 0 Å². The Hall–Kier alpha value is 0.710. The molecule has 0 saturated heterocycles. The van der Waals surface area contributed by atoms with Crippen LogP contribution in [0.15, 0.2) is 12.3 Å². The van der Waals surface area contributed by atoms with Gasteiger partial charge in [-0.1, -0.05) is 0 Å². The largest absolute Gasteiger partial charge is 0.493 e. The molecule has 76 valence electrons. The SMILES string of the molecule is POCC1OC=CC(OP)C1OP. The molecule has 0 radical (unpaired) electrons. The predicted octanol–water partition coefficient (Wildman–Crippen LogP) is 1.06. The summed E-state index contributed by atoms with van der Waals surface area (Å²) in [7, 11) is 6.60. The minimum Gasteiger partial charge on any atom is -0.493 e. The maximum atomic E-state index is 5.31. The molecule has 13 heavy (non-hydrogen) atoms. The number of rotatable bonds is 4. The fourth-order valence-electron chi connectivity index (χ4n) is 1.14. The molecule has 7 heteroatoms. The lowest BCUT2D eigenvalue weighted by molar-refractivity contribution is -0.0437.